The van der Waals surface area contributed by atoms with Gasteiger partial charge in [0.2, 0.25) is 0 Å². The number of fused-ring (bicyclic) bond motifs is 1. The molecule has 0 bridgehead atoms. The van der Waals surface area contributed by atoms with Gasteiger partial charge in [-0.3, -0.25) is 9.69 Å². The SMILES string of the molecule is Cc1nn2cccnc2c1C(=O)N1CCN(Cc2ccc(C(F)(F)F)cc2)CC1. The number of benzene rings is 1. The fourth-order valence-corrected chi connectivity index (χ4v) is 3.57. The molecule has 0 N–H and O–H groups in total. The van der Waals surface area contributed by atoms with Crippen LogP contribution in [0.2, 0.25) is 0 Å². The first-order valence-electron chi connectivity index (χ1n) is 9.30. The van der Waals surface area contributed by atoms with Crippen molar-refractivity contribution in [3.8, 4) is 0 Å². The maximum absolute atomic E-state index is 13.0. The summed E-state index contributed by atoms with van der Waals surface area (Å²) < 4.78 is 39.6. The van der Waals surface area contributed by atoms with Crippen LogP contribution >= 0.6 is 0 Å². The maximum Gasteiger partial charge on any atom is 0.416 e. The zero-order chi connectivity index (χ0) is 20.6. The molecule has 1 aromatic carbocycles. The van der Waals surface area contributed by atoms with Gasteiger partial charge in [0, 0.05) is 45.1 Å². The maximum atomic E-state index is 13.0. The standard InChI is InChI=1S/C20H20F3N5O/c1-14-17(18-24-7-2-8-28(18)25-14)19(29)27-11-9-26(10-12-27)13-15-3-5-16(6-4-15)20(21,22)23/h2-8H,9-13H2,1H3. The van der Waals surface area contributed by atoms with Crippen LogP contribution in [-0.2, 0) is 12.7 Å². The lowest BCUT2D eigenvalue weighted by Gasteiger charge is -2.34. The second kappa shape index (κ2) is 7.47. The summed E-state index contributed by atoms with van der Waals surface area (Å²) >= 11 is 0. The van der Waals surface area contributed by atoms with E-state index < -0.39 is 11.7 Å². The van der Waals surface area contributed by atoms with Crippen molar-refractivity contribution in [3.63, 3.8) is 0 Å². The lowest BCUT2D eigenvalue weighted by Crippen LogP contribution is -2.48. The van der Waals surface area contributed by atoms with Gasteiger partial charge in [-0.2, -0.15) is 18.3 Å². The van der Waals surface area contributed by atoms with E-state index in [1.54, 1.807) is 34.8 Å². The minimum atomic E-state index is -4.32. The molecule has 0 saturated carbocycles. The molecule has 6 nitrogen and oxygen atoms in total. The van der Waals surface area contributed by atoms with Crippen LogP contribution in [0.4, 0.5) is 13.2 Å². The van der Waals surface area contributed by atoms with E-state index in [0.717, 1.165) is 17.7 Å². The Morgan fingerprint density at radius 2 is 1.79 bits per heavy atom. The summed E-state index contributed by atoms with van der Waals surface area (Å²) in [4.78, 5) is 21.2. The topological polar surface area (TPSA) is 53.7 Å². The molecule has 4 rings (SSSR count). The Kier molecular flexibility index (Phi) is 4.99. The molecule has 29 heavy (non-hydrogen) atoms. The normalized spacial score (nSPS) is 15.8. The largest absolute Gasteiger partial charge is 0.416 e. The minimum absolute atomic E-state index is 0.0922. The molecule has 1 fully saturated rings. The number of halogens is 3. The van der Waals surface area contributed by atoms with Crippen molar-refractivity contribution >= 4 is 11.6 Å². The number of amides is 1. The van der Waals surface area contributed by atoms with E-state index in [-0.39, 0.29) is 5.91 Å². The molecule has 3 heterocycles. The Morgan fingerprint density at radius 1 is 1.10 bits per heavy atom. The number of nitrogens with zero attached hydrogens (tertiary/aromatic N) is 5. The van der Waals surface area contributed by atoms with Crippen molar-refractivity contribution < 1.29 is 18.0 Å². The summed E-state index contributed by atoms with van der Waals surface area (Å²) in [7, 11) is 0. The molecule has 3 aromatic rings. The second-order valence-corrected chi connectivity index (χ2v) is 7.11. The number of rotatable bonds is 3. The summed E-state index contributed by atoms with van der Waals surface area (Å²) in [5.74, 6) is -0.0922. The molecule has 1 aliphatic rings. The highest BCUT2D eigenvalue weighted by Crippen LogP contribution is 2.29. The van der Waals surface area contributed by atoms with Gasteiger partial charge in [-0.15, -0.1) is 0 Å². The number of hydrogen-bond donors (Lipinski definition) is 0. The average molecular weight is 403 g/mol. The number of aryl methyl sites for hydroxylation is 1. The summed E-state index contributed by atoms with van der Waals surface area (Å²) in [5, 5.41) is 4.34. The van der Waals surface area contributed by atoms with Gasteiger partial charge in [0.25, 0.3) is 5.91 Å². The summed E-state index contributed by atoms with van der Waals surface area (Å²) in [6, 6.07) is 6.99. The highest BCUT2D eigenvalue weighted by molar-refractivity contribution is 6.01. The molecular formula is C20H20F3N5O. The monoisotopic (exact) mass is 403 g/mol. The van der Waals surface area contributed by atoms with Crippen LogP contribution < -0.4 is 0 Å². The van der Waals surface area contributed by atoms with Crippen molar-refractivity contribution in [1.29, 1.82) is 0 Å². The highest BCUT2D eigenvalue weighted by Gasteiger charge is 2.30. The third-order valence-corrected chi connectivity index (χ3v) is 5.13. The fourth-order valence-electron chi connectivity index (χ4n) is 3.57. The second-order valence-electron chi connectivity index (χ2n) is 7.11. The van der Waals surface area contributed by atoms with Gasteiger partial charge < -0.3 is 4.90 Å². The number of hydrogen-bond acceptors (Lipinski definition) is 4. The average Bonchev–Trinajstić information content (AvgIpc) is 3.03. The number of carbonyl (C=O) groups is 1. The molecule has 9 heteroatoms. The number of aromatic nitrogens is 3. The lowest BCUT2D eigenvalue weighted by atomic mass is 10.1. The Bertz CT molecular complexity index is 1020. The number of alkyl halides is 3. The van der Waals surface area contributed by atoms with Crippen molar-refractivity contribution in [3.05, 3.63) is 65.1 Å². The molecule has 1 aliphatic heterocycles. The Morgan fingerprint density at radius 3 is 2.45 bits per heavy atom. The van der Waals surface area contributed by atoms with Gasteiger partial charge in [-0.1, -0.05) is 12.1 Å². The van der Waals surface area contributed by atoms with Crippen LogP contribution in [0.3, 0.4) is 0 Å². The van der Waals surface area contributed by atoms with Crippen LogP contribution in [0.25, 0.3) is 5.65 Å². The predicted octanol–water partition coefficient (Wildman–Crippen LogP) is 3.01. The number of piperazine rings is 1. The van der Waals surface area contributed by atoms with Gasteiger partial charge in [0.1, 0.15) is 5.56 Å². The van der Waals surface area contributed by atoms with E-state index in [1.165, 1.54) is 12.1 Å². The Hall–Kier alpha value is -2.94. The smallest absolute Gasteiger partial charge is 0.336 e. The molecule has 0 unspecified atom stereocenters. The van der Waals surface area contributed by atoms with E-state index in [9.17, 15) is 18.0 Å². The molecule has 0 radical (unpaired) electrons. The molecule has 2 aromatic heterocycles. The van der Waals surface area contributed by atoms with E-state index in [4.69, 9.17) is 0 Å². The molecular weight excluding hydrogens is 383 g/mol. The van der Waals surface area contributed by atoms with E-state index in [1.807, 2.05) is 0 Å². The predicted molar refractivity (Wildman–Crippen MR) is 100 cm³/mol. The third kappa shape index (κ3) is 3.95. The summed E-state index contributed by atoms with van der Waals surface area (Å²) in [6.45, 7) is 4.74. The highest BCUT2D eigenvalue weighted by atomic mass is 19.4. The van der Waals surface area contributed by atoms with Gasteiger partial charge in [0.15, 0.2) is 5.65 Å². The van der Waals surface area contributed by atoms with Crippen LogP contribution in [-0.4, -0.2) is 56.5 Å². The van der Waals surface area contributed by atoms with Crippen LogP contribution in [0.15, 0.2) is 42.7 Å². The quantitative estimate of drug-likeness (QED) is 0.675. The van der Waals surface area contributed by atoms with Gasteiger partial charge in [0.05, 0.1) is 11.3 Å². The van der Waals surface area contributed by atoms with E-state index in [0.29, 0.717) is 49.6 Å². The first-order valence-corrected chi connectivity index (χ1v) is 9.30. The first kappa shape index (κ1) is 19.4. The van der Waals surface area contributed by atoms with Gasteiger partial charge in [-0.25, -0.2) is 9.50 Å². The molecule has 0 spiro atoms. The molecule has 0 aliphatic carbocycles. The van der Waals surface area contributed by atoms with E-state index in [2.05, 4.69) is 15.0 Å². The van der Waals surface area contributed by atoms with Crippen LogP contribution in [0.5, 0.6) is 0 Å². The molecule has 1 saturated heterocycles. The van der Waals surface area contributed by atoms with Gasteiger partial charge >= 0.3 is 6.18 Å². The minimum Gasteiger partial charge on any atom is -0.336 e. The fraction of sp³-hybridized carbons (Fsp3) is 0.350. The van der Waals surface area contributed by atoms with E-state index >= 15 is 0 Å². The van der Waals surface area contributed by atoms with Crippen LogP contribution in [0.1, 0.15) is 27.2 Å². The van der Waals surface area contributed by atoms with Crippen molar-refractivity contribution in [1.82, 2.24) is 24.4 Å². The first-order chi connectivity index (χ1) is 13.8. The zero-order valence-electron chi connectivity index (χ0n) is 15.9. The Balaban J connectivity index is 1.39. The zero-order valence-corrected chi connectivity index (χ0v) is 15.9. The van der Waals surface area contributed by atoms with Crippen LogP contribution in [0, 0.1) is 6.92 Å². The molecule has 152 valence electrons. The van der Waals surface area contributed by atoms with Crippen molar-refractivity contribution in [2.75, 3.05) is 26.2 Å². The Labute approximate surface area is 165 Å². The summed E-state index contributed by atoms with van der Waals surface area (Å²) in [6.07, 6.45) is -0.932. The lowest BCUT2D eigenvalue weighted by molar-refractivity contribution is -0.137. The summed E-state index contributed by atoms with van der Waals surface area (Å²) in [5.41, 5.74) is 1.87. The number of carbonyl (C=O) groups excluding carboxylic acids is 1. The van der Waals surface area contributed by atoms with Crippen molar-refractivity contribution in [2.24, 2.45) is 0 Å². The third-order valence-electron chi connectivity index (χ3n) is 5.13. The molecule has 0 atom stereocenters. The van der Waals surface area contributed by atoms with Crippen molar-refractivity contribution in [2.45, 2.75) is 19.6 Å². The van der Waals surface area contributed by atoms with Gasteiger partial charge in [-0.05, 0) is 30.7 Å². The molecule has 1 amide bonds.